The average Bonchev–Trinajstić information content (AvgIpc) is 3.03. The van der Waals surface area contributed by atoms with E-state index in [-0.39, 0.29) is 29.9 Å². The number of likely N-dealkylation sites (N-methyl/N-ethyl adjacent to an activating group) is 1. The molecule has 2 saturated heterocycles. The summed E-state index contributed by atoms with van der Waals surface area (Å²) in [5.74, 6) is 0.149. The minimum Gasteiger partial charge on any atom is -0.353 e. The van der Waals surface area contributed by atoms with Crippen LogP contribution >= 0.6 is 0 Å². The van der Waals surface area contributed by atoms with Gasteiger partial charge in [0.25, 0.3) is 0 Å². The molecule has 2 N–H and O–H groups in total. The van der Waals surface area contributed by atoms with Crippen LogP contribution in [-0.4, -0.2) is 65.9 Å². The zero-order valence-corrected chi connectivity index (χ0v) is 15.9. The first-order chi connectivity index (χ1) is 12.5. The Morgan fingerprint density at radius 2 is 2.04 bits per heavy atom. The van der Waals surface area contributed by atoms with Crippen LogP contribution in [0.5, 0.6) is 0 Å². The molecule has 0 radical (unpaired) electrons. The lowest BCUT2D eigenvalue weighted by Crippen LogP contribution is -2.51. The highest BCUT2D eigenvalue weighted by Crippen LogP contribution is 2.28. The standard InChI is InChI=1S/C20H30N4O2/c1-14(2)24-12-11-17-19(24)20(26)21-13-16(23(17)3)9-10-18(25)22-15-7-5-4-6-8-15/h4-8,14,16-17,19H,9-13H2,1-3H3,(H,21,26)(H,22,25)/t16-,17-,19-/m0/s1. The summed E-state index contributed by atoms with van der Waals surface area (Å²) in [6.45, 7) is 5.84. The first-order valence-electron chi connectivity index (χ1n) is 9.57. The van der Waals surface area contributed by atoms with Crippen LogP contribution in [0.3, 0.4) is 0 Å². The number of hydrogen-bond donors (Lipinski definition) is 2. The van der Waals surface area contributed by atoms with Crippen molar-refractivity contribution in [3.05, 3.63) is 30.3 Å². The van der Waals surface area contributed by atoms with Crippen molar-refractivity contribution >= 4 is 17.5 Å². The maximum absolute atomic E-state index is 12.6. The lowest BCUT2D eigenvalue weighted by atomic mass is 10.0. The van der Waals surface area contributed by atoms with E-state index in [0.29, 0.717) is 19.0 Å². The highest BCUT2D eigenvalue weighted by atomic mass is 16.2. The van der Waals surface area contributed by atoms with Crippen molar-refractivity contribution in [1.82, 2.24) is 15.1 Å². The Morgan fingerprint density at radius 3 is 2.73 bits per heavy atom. The molecule has 0 unspecified atom stereocenters. The van der Waals surface area contributed by atoms with E-state index in [4.69, 9.17) is 0 Å². The molecule has 0 saturated carbocycles. The number of likely N-dealkylation sites (tertiary alicyclic amines) is 1. The van der Waals surface area contributed by atoms with Gasteiger partial charge in [-0.15, -0.1) is 0 Å². The van der Waals surface area contributed by atoms with Gasteiger partial charge in [0.15, 0.2) is 0 Å². The number of anilines is 1. The van der Waals surface area contributed by atoms with Crippen molar-refractivity contribution in [3.63, 3.8) is 0 Å². The smallest absolute Gasteiger partial charge is 0.239 e. The van der Waals surface area contributed by atoms with E-state index < -0.39 is 0 Å². The number of rotatable bonds is 5. The van der Waals surface area contributed by atoms with Crippen molar-refractivity contribution in [1.29, 1.82) is 0 Å². The summed E-state index contributed by atoms with van der Waals surface area (Å²) in [5.41, 5.74) is 0.823. The third-order valence-electron chi connectivity index (χ3n) is 5.71. The fourth-order valence-electron chi connectivity index (χ4n) is 4.22. The SMILES string of the molecule is CC(C)N1CC[C@H]2[C@H]1C(=O)NC[C@H](CCC(=O)Nc1ccccc1)N2C. The van der Waals surface area contributed by atoms with Gasteiger partial charge in [-0.1, -0.05) is 18.2 Å². The normalized spacial score (nSPS) is 27.1. The molecule has 2 amide bonds. The molecule has 6 nitrogen and oxygen atoms in total. The summed E-state index contributed by atoms with van der Waals surface area (Å²) >= 11 is 0. The van der Waals surface area contributed by atoms with Crippen LogP contribution in [0.15, 0.2) is 30.3 Å². The first-order valence-corrected chi connectivity index (χ1v) is 9.57. The monoisotopic (exact) mass is 358 g/mol. The number of carbonyl (C=O) groups is 2. The van der Waals surface area contributed by atoms with Crippen LogP contribution < -0.4 is 10.6 Å². The Kier molecular flexibility index (Phi) is 5.94. The second-order valence-corrected chi connectivity index (χ2v) is 7.65. The van der Waals surface area contributed by atoms with E-state index in [0.717, 1.165) is 25.1 Å². The topological polar surface area (TPSA) is 64.7 Å². The zero-order valence-electron chi connectivity index (χ0n) is 15.9. The number of nitrogens with one attached hydrogen (secondary N) is 2. The van der Waals surface area contributed by atoms with E-state index in [1.165, 1.54) is 0 Å². The predicted molar refractivity (Wildman–Crippen MR) is 103 cm³/mol. The molecule has 2 aliphatic rings. The molecular formula is C20H30N4O2. The summed E-state index contributed by atoms with van der Waals surface area (Å²) in [4.78, 5) is 29.5. The van der Waals surface area contributed by atoms with Crippen molar-refractivity contribution in [2.75, 3.05) is 25.5 Å². The Bertz CT molecular complexity index is 634. The number of hydrogen-bond acceptors (Lipinski definition) is 4. The number of nitrogens with zero attached hydrogens (tertiary/aromatic N) is 2. The van der Waals surface area contributed by atoms with Gasteiger partial charge in [0.1, 0.15) is 6.04 Å². The minimum absolute atomic E-state index is 0.0203. The maximum Gasteiger partial charge on any atom is 0.239 e. The van der Waals surface area contributed by atoms with E-state index >= 15 is 0 Å². The highest BCUT2D eigenvalue weighted by Gasteiger charge is 2.45. The fraction of sp³-hybridized carbons (Fsp3) is 0.600. The molecule has 1 aromatic rings. The third kappa shape index (κ3) is 4.07. The van der Waals surface area contributed by atoms with Crippen molar-refractivity contribution in [2.45, 2.75) is 57.3 Å². The molecule has 2 heterocycles. The van der Waals surface area contributed by atoms with Gasteiger partial charge in [0.05, 0.1) is 0 Å². The fourth-order valence-corrected chi connectivity index (χ4v) is 4.22. The number of fused-ring (bicyclic) bond motifs is 1. The number of benzene rings is 1. The molecule has 6 heteroatoms. The first kappa shape index (κ1) is 18.9. The maximum atomic E-state index is 12.6. The van der Waals surface area contributed by atoms with Gasteiger partial charge in [-0.2, -0.15) is 0 Å². The van der Waals surface area contributed by atoms with Gasteiger partial charge in [0, 0.05) is 43.3 Å². The van der Waals surface area contributed by atoms with Gasteiger partial charge in [-0.25, -0.2) is 0 Å². The van der Waals surface area contributed by atoms with E-state index in [1.54, 1.807) is 0 Å². The lowest BCUT2D eigenvalue weighted by Gasteiger charge is -2.34. The second kappa shape index (κ2) is 8.18. The van der Waals surface area contributed by atoms with Crippen LogP contribution in [0, 0.1) is 0 Å². The highest BCUT2D eigenvalue weighted by molar-refractivity contribution is 5.90. The Morgan fingerprint density at radius 1 is 1.31 bits per heavy atom. The molecule has 2 aliphatic heterocycles. The summed E-state index contributed by atoms with van der Waals surface area (Å²) in [6.07, 6.45) is 2.19. The molecule has 26 heavy (non-hydrogen) atoms. The molecule has 2 fully saturated rings. The van der Waals surface area contributed by atoms with Crippen LogP contribution in [-0.2, 0) is 9.59 Å². The molecule has 1 aromatic carbocycles. The number of amides is 2. The van der Waals surface area contributed by atoms with Crippen molar-refractivity contribution in [3.8, 4) is 0 Å². The van der Waals surface area contributed by atoms with Gasteiger partial charge in [0.2, 0.25) is 11.8 Å². The molecule has 3 rings (SSSR count). The Hall–Kier alpha value is -1.92. The summed E-state index contributed by atoms with van der Waals surface area (Å²) in [7, 11) is 2.10. The molecular weight excluding hydrogens is 328 g/mol. The molecule has 0 aromatic heterocycles. The third-order valence-corrected chi connectivity index (χ3v) is 5.71. The molecule has 0 bridgehead atoms. The Balaban J connectivity index is 1.59. The summed E-state index contributed by atoms with van der Waals surface area (Å²) < 4.78 is 0. The predicted octanol–water partition coefficient (Wildman–Crippen LogP) is 1.69. The van der Waals surface area contributed by atoms with Crippen LogP contribution in [0.25, 0.3) is 0 Å². The van der Waals surface area contributed by atoms with E-state index in [1.807, 2.05) is 30.3 Å². The summed E-state index contributed by atoms with van der Waals surface area (Å²) in [5, 5.41) is 6.04. The molecule has 0 spiro atoms. The van der Waals surface area contributed by atoms with Gasteiger partial charge >= 0.3 is 0 Å². The zero-order chi connectivity index (χ0) is 18.7. The summed E-state index contributed by atoms with van der Waals surface area (Å²) in [6, 6.07) is 10.2. The minimum atomic E-state index is -0.0804. The van der Waals surface area contributed by atoms with E-state index in [2.05, 4.69) is 41.3 Å². The largest absolute Gasteiger partial charge is 0.353 e. The van der Waals surface area contributed by atoms with Gasteiger partial charge in [-0.05, 0) is 45.9 Å². The van der Waals surface area contributed by atoms with Crippen molar-refractivity contribution < 1.29 is 9.59 Å². The molecule has 142 valence electrons. The Labute approximate surface area is 155 Å². The molecule has 0 aliphatic carbocycles. The number of para-hydroxylation sites is 1. The molecule has 3 atom stereocenters. The van der Waals surface area contributed by atoms with Gasteiger partial charge < -0.3 is 10.6 Å². The van der Waals surface area contributed by atoms with Gasteiger partial charge in [-0.3, -0.25) is 19.4 Å². The van der Waals surface area contributed by atoms with Crippen LogP contribution in [0.4, 0.5) is 5.69 Å². The quantitative estimate of drug-likeness (QED) is 0.841. The average molecular weight is 358 g/mol. The van der Waals surface area contributed by atoms with E-state index in [9.17, 15) is 9.59 Å². The second-order valence-electron chi connectivity index (χ2n) is 7.65. The van der Waals surface area contributed by atoms with Crippen LogP contribution in [0.2, 0.25) is 0 Å². The lowest BCUT2D eigenvalue weighted by molar-refractivity contribution is -0.126. The van der Waals surface area contributed by atoms with Crippen LogP contribution in [0.1, 0.15) is 33.1 Å². The van der Waals surface area contributed by atoms with Crippen molar-refractivity contribution in [2.24, 2.45) is 0 Å². The number of carbonyl (C=O) groups excluding carboxylic acids is 2.